The van der Waals surface area contributed by atoms with Crippen LogP contribution in [0, 0.1) is 0 Å². The largest absolute Gasteiger partial charge is 0.484 e. The van der Waals surface area contributed by atoms with E-state index in [0.29, 0.717) is 24.3 Å². The molecule has 1 N–H and O–H groups in total. The van der Waals surface area contributed by atoms with Crippen molar-refractivity contribution in [3.8, 4) is 5.75 Å². The Hall–Kier alpha value is -2.39. The first kappa shape index (κ1) is 21.3. The number of hydrogen-bond donors (Lipinski definition) is 1. The van der Waals surface area contributed by atoms with Crippen molar-refractivity contribution in [2.75, 3.05) is 19.7 Å². The molecule has 1 aliphatic heterocycles. The summed E-state index contributed by atoms with van der Waals surface area (Å²) in [5.41, 5.74) is -0.189. The Morgan fingerprint density at radius 1 is 1.17 bits per heavy atom. The summed E-state index contributed by atoms with van der Waals surface area (Å²) in [5.74, 6) is 0.147. The maximum absolute atomic E-state index is 13.2. The number of hydrogen-bond acceptors (Lipinski definition) is 4. The highest BCUT2D eigenvalue weighted by molar-refractivity contribution is 7.85. The topological polar surface area (TPSA) is 66.8 Å². The highest BCUT2D eigenvalue weighted by atomic mass is 32.2. The average Bonchev–Trinajstić information content (AvgIpc) is 3.21. The van der Waals surface area contributed by atoms with Gasteiger partial charge in [0.15, 0.2) is 6.61 Å². The van der Waals surface area contributed by atoms with Crippen molar-refractivity contribution in [1.29, 1.82) is 0 Å². The number of rotatable bonds is 6. The van der Waals surface area contributed by atoms with Crippen LogP contribution in [0.4, 0.5) is 13.2 Å². The quantitative estimate of drug-likeness (QED) is 0.770. The van der Waals surface area contributed by atoms with Gasteiger partial charge >= 0.3 is 6.18 Å². The second kappa shape index (κ2) is 8.96. The van der Waals surface area contributed by atoms with Gasteiger partial charge in [0.25, 0.3) is 5.91 Å². The molecule has 0 radical (unpaired) electrons. The highest BCUT2D eigenvalue weighted by Crippen LogP contribution is 2.35. The van der Waals surface area contributed by atoms with Crippen LogP contribution in [0.25, 0.3) is 0 Å². The number of ether oxygens (including phenoxy) is 1. The van der Waals surface area contributed by atoms with Gasteiger partial charge < -0.3 is 14.7 Å². The molecular weight excluding hydrogens is 407 g/mol. The third kappa shape index (κ3) is 5.16. The summed E-state index contributed by atoms with van der Waals surface area (Å²) in [5, 5.41) is 8.45. The molecule has 1 saturated heterocycles. The summed E-state index contributed by atoms with van der Waals surface area (Å²) in [6, 6.07) is 11.4. The minimum Gasteiger partial charge on any atom is -0.484 e. The van der Waals surface area contributed by atoms with E-state index in [1.807, 2.05) is 0 Å². The van der Waals surface area contributed by atoms with Gasteiger partial charge in [0.05, 0.1) is 33.1 Å². The Kier molecular flexibility index (Phi) is 6.59. The summed E-state index contributed by atoms with van der Waals surface area (Å²) < 4.78 is 57.7. The lowest BCUT2D eigenvalue weighted by Crippen LogP contribution is -2.34. The van der Waals surface area contributed by atoms with Crippen LogP contribution in [-0.2, 0) is 28.4 Å². The molecule has 29 heavy (non-hydrogen) atoms. The summed E-state index contributed by atoms with van der Waals surface area (Å²) in [4.78, 5) is 13.6. The van der Waals surface area contributed by atoms with Crippen LogP contribution >= 0.6 is 0 Å². The first-order chi connectivity index (χ1) is 13.8. The predicted octanol–water partition coefficient (Wildman–Crippen LogP) is 2.99. The van der Waals surface area contributed by atoms with Crippen LogP contribution in [0.15, 0.2) is 53.4 Å². The molecule has 156 valence electrons. The van der Waals surface area contributed by atoms with Crippen LogP contribution in [0.1, 0.15) is 17.5 Å². The molecule has 0 aromatic heterocycles. The third-order valence-electron chi connectivity index (χ3n) is 4.68. The lowest BCUT2D eigenvalue weighted by atomic mass is 10.2. The first-order valence-electron chi connectivity index (χ1n) is 8.96. The number of nitrogens with zero attached hydrogens (tertiary/aromatic N) is 1. The second-order valence-electron chi connectivity index (χ2n) is 6.63. The van der Waals surface area contributed by atoms with Crippen molar-refractivity contribution < 1.29 is 32.0 Å². The fourth-order valence-corrected chi connectivity index (χ4v) is 4.72. The lowest BCUT2D eigenvalue weighted by Gasteiger charge is -2.18. The zero-order valence-electron chi connectivity index (χ0n) is 15.4. The number of halogens is 3. The number of benzene rings is 2. The minimum absolute atomic E-state index is 0.0943. The molecule has 0 spiro atoms. The van der Waals surface area contributed by atoms with Crippen LogP contribution in [0.3, 0.4) is 0 Å². The van der Waals surface area contributed by atoms with E-state index in [0.717, 1.165) is 6.07 Å². The number of alkyl halides is 3. The number of carbonyl (C=O) groups is 1. The van der Waals surface area contributed by atoms with Gasteiger partial charge in [-0.15, -0.1) is 0 Å². The summed E-state index contributed by atoms with van der Waals surface area (Å²) in [7, 11) is -1.88. The van der Waals surface area contributed by atoms with Crippen molar-refractivity contribution in [2.24, 2.45) is 0 Å². The predicted molar refractivity (Wildman–Crippen MR) is 101 cm³/mol. The van der Waals surface area contributed by atoms with Gasteiger partial charge in [0.1, 0.15) is 5.75 Å². The monoisotopic (exact) mass is 427 g/mol. The van der Waals surface area contributed by atoms with Gasteiger partial charge in [-0.3, -0.25) is 9.00 Å². The molecular formula is C20H20F3NO4S. The second-order valence-corrected chi connectivity index (χ2v) is 8.33. The zero-order valence-corrected chi connectivity index (χ0v) is 16.2. The fourth-order valence-electron chi connectivity index (χ4n) is 3.11. The van der Waals surface area contributed by atoms with Crippen molar-refractivity contribution in [3.63, 3.8) is 0 Å². The van der Waals surface area contributed by atoms with Crippen LogP contribution in [0.2, 0.25) is 0 Å². The smallest absolute Gasteiger partial charge is 0.417 e. The first-order valence-corrected chi connectivity index (χ1v) is 10.2. The Morgan fingerprint density at radius 3 is 2.52 bits per heavy atom. The van der Waals surface area contributed by atoms with Gasteiger partial charge in [-0.1, -0.05) is 24.3 Å². The van der Waals surface area contributed by atoms with Crippen LogP contribution in [0.5, 0.6) is 5.75 Å². The number of amides is 1. The van der Waals surface area contributed by atoms with Crippen molar-refractivity contribution in [2.45, 2.75) is 29.3 Å². The molecule has 5 nitrogen and oxygen atoms in total. The maximum atomic E-state index is 13.2. The molecule has 2 atom stereocenters. The molecule has 2 aromatic carbocycles. The number of carbonyl (C=O) groups excluding carboxylic acids is 1. The van der Waals surface area contributed by atoms with Gasteiger partial charge in [-0.2, -0.15) is 13.2 Å². The Morgan fingerprint density at radius 2 is 1.86 bits per heavy atom. The molecule has 1 aliphatic rings. The molecule has 0 saturated carbocycles. The van der Waals surface area contributed by atoms with Gasteiger partial charge in [0.2, 0.25) is 0 Å². The highest BCUT2D eigenvalue weighted by Gasteiger charge is 2.38. The van der Waals surface area contributed by atoms with Gasteiger partial charge in [0, 0.05) is 13.1 Å². The van der Waals surface area contributed by atoms with E-state index in [1.54, 1.807) is 24.3 Å². The van der Waals surface area contributed by atoms with Crippen molar-refractivity contribution >= 4 is 16.7 Å². The molecule has 9 heteroatoms. The van der Waals surface area contributed by atoms with Gasteiger partial charge in [-0.05, 0) is 36.2 Å². The minimum atomic E-state index is -4.58. The summed E-state index contributed by atoms with van der Waals surface area (Å²) >= 11 is 0. The fraction of sp³-hybridized carbons (Fsp3) is 0.350. The van der Waals surface area contributed by atoms with E-state index in [-0.39, 0.29) is 30.6 Å². The number of aliphatic hydroxyl groups excluding tert-OH is 1. The van der Waals surface area contributed by atoms with Crippen molar-refractivity contribution in [1.82, 2.24) is 4.90 Å². The molecule has 0 aliphatic carbocycles. The van der Waals surface area contributed by atoms with Crippen molar-refractivity contribution in [3.05, 3.63) is 59.7 Å². The van der Waals surface area contributed by atoms with Crippen LogP contribution in [-0.4, -0.2) is 45.1 Å². The summed E-state index contributed by atoms with van der Waals surface area (Å²) in [6.45, 7) is 0.112. The molecule has 1 fully saturated rings. The number of aliphatic hydroxyl groups is 1. The summed E-state index contributed by atoms with van der Waals surface area (Å²) in [6.07, 6.45) is -4.23. The lowest BCUT2D eigenvalue weighted by molar-refractivity contribution is -0.139. The molecule has 2 aromatic rings. The molecule has 0 bridgehead atoms. The molecule has 1 amide bonds. The standard InChI is InChI=1S/C20H20F3NO4S/c21-20(22,23)17-3-1-2-4-18(17)29(27)16-9-10-24(11-16)19(26)13-28-15-7-5-14(12-25)6-8-15/h1-8,16,25H,9-13H2/t16-,29?/m0/s1. The van der Waals surface area contributed by atoms with E-state index in [2.05, 4.69) is 0 Å². The number of likely N-dealkylation sites (tertiary alicyclic amines) is 1. The Balaban J connectivity index is 1.59. The van der Waals surface area contributed by atoms with Crippen LogP contribution < -0.4 is 4.74 Å². The maximum Gasteiger partial charge on any atom is 0.417 e. The van der Waals surface area contributed by atoms with E-state index >= 15 is 0 Å². The van der Waals surface area contributed by atoms with E-state index in [4.69, 9.17) is 9.84 Å². The third-order valence-corrected chi connectivity index (χ3v) is 6.46. The molecule has 3 rings (SSSR count). The molecule has 1 heterocycles. The van der Waals surface area contributed by atoms with Gasteiger partial charge in [-0.25, -0.2) is 0 Å². The van der Waals surface area contributed by atoms with E-state index < -0.39 is 27.8 Å². The van der Waals surface area contributed by atoms with E-state index in [9.17, 15) is 22.2 Å². The molecule has 1 unspecified atom stereocenters. The SMILES string of the molecule is O=C(COc1ccc(CO)cc1)N1CC[C@H](S(=O)c2ccccc2C(F)(F)F)C1. The normalized spacial score (nSPS) is 17.9. The Bertz CT molecular complexity index is 886. The average molecular weight is 427 g/mol. The Labute approximate surface area is 168 Å². The zero-order chi connectivity index (χ0) is 21.0. The van der Waals surface area contributed by atoms with E-state index in [1.165, 1.54) is 23.1 Å².